The molecule has 0 aliphatic carbocycles. The number of ether oxygens (including phenoxy) is 1. The van der Waals surface area contributed by atoms with Crippen molar-refractivity contribution in [2.75, 3.05) is 38.7 Å². The fourth-order valence-electron chi connectivity index (χ4n) is 3.38. The predicted molar refractivity (Wildman–Crippen MR) is 117 cm³/mol. The molecular weight excluding hydrogens is 418 g/mol. The average molecular weight is 446 g/mol. The van der Waals surface area contributed by atoms with Crippen molar-refractivity contribution in [3.63, 3.8) is 0 Å². The van der Waals surface area contributed by atoms with Crippen LogP contribution in [0.5, 0.6) is 0 Å². The molecule has 1 fully saturated rings. The summed E-state index contributed by atoms with van der Waals surface area (Å²) in [5.74, 6) is -0.766. The van der Waals surface area contributed by atoms with E-state index in [-0.39, 0.29) is 23.1 Å². The van der Waals surface area contributed by atoms with Crippen LogP contribution in [0, 0.1) is 5.92 Å². The van der Waals surface area contributed by atoms with Crippen molar-refractivity contribution in [3.8, 4) is 0 Å². The van der Waals surface area contributed by atoms with Gasteiger partial charge in [-0.1, -0.05) is 30.3 Å². The molecule has 31 heavy (non-hydrogen) atoms. The molecule has 9 heteroatoms. The molecule has 0 saturated carbocycles. The number of nitrogens with zero attached hydrogens (tertiary/aromatic N) is 1. The van der Waals surface area contributed by atoms with Gasteiger partial charge in [0.05, 0.1) is 17.4 Å². The van der Waals surface area contributed by atoms with E-state index >= 15 is 0 Å². The SMILES string of the molecule is COCCN1CC(C(=O)Nc2ccc(S(=O)(=O)NCCc3ccccc3)cc2)CC1=O. The van der Waals surface area contributed by atoms with Gasteiger partial charge in [-0.2, -0.15) is 0 Å². The highest BCUT2D eigenvalue weighted by molar-refractivity contribution is 7.89. The summed E-state index contributed by atoms with van der Waals surface area (Å²) < 4.78 is 32.5. The molecule has 2 aromatic carbocycles. The largest absolute Gasteiger partial charge is 0.383 e. The van der Waals surface area contributed by atoms with Gasteiger partial charge < -0.3 is 15.0 Å². The first-order valence-corrected chi connectivity index (χ1v) is 11.6. The minimum atomic E-state index is -3.64. The molecule has 0 aromatic heterocycles. The number of carbonyl (C=O) groups is 2. The monoisotopic (exact) mass is 445 g/mol. The highest BCUT2D eigenvalue weighted by Crippen LogP contribution is 2.20. The minimum absolute atomic E-state index is 0.0692. The smallest absolute Gasteiger partial charge is 0.240 e. The van der Waals surface area contributed by atoms with Gasteiger partial charge in [-0.05, 0) is 36.2 Å². The molecule has 0 radical (unpaired) electrons. The zero-order chi connectivity index (χ0) is 22.3. The zero-order valence-corrected chi connectivity index (χ0v) is 18.2. The lowest BCUT2D eigenvalue weighted by atomic mass is 10.1. The second kappa shape index (κ2) is 10.5. The maximum Gasteiger partial charge on any atom is 0.240 e. The van der Waals surface area contributed by atoms with Crippen LogP contribution in [0.2, 0.25) is 0 Å². The number of hydrogen-bond acceptors (Lipinski definition) is 5. The van der Waals surface area contributed by atoms with Gasteiger partial charge in [0.25, 0.3) is 0 Å². The molecule has 8 nitrogen and oxygen atoms in total. The topological polar surface area (TPSA) is 105 Å². The maximum absolute atomic E-state index is 12.5. The molecule has 1 atom stereocenters. The molecule has 1 aliphatic rings. The van der Waals surface area contributed by atoms with E-state index in [1.165, 1.54) is 12.1 Å². The van der Waals surface area contributed by atoms with E-state index in [9.17, 15) is 18.0 Å². The standard InChI is InChI=1S/C22H27N3O5S/c1-30-14-13-25-16-18(15-21(25)26)22(27)24-19-7-9-20(10-8-19)31(28,29)23-12-11-17-5-3-2-4-6-17/h2-10,18,23H,11-16H2,1H3,(H,24,27). The molecule has 0 bridgehead atoms. The highest BCUT2D eigenvalue weighted by atomic mass is 32.2. The molecule has 2 N–H and O–H groups in total. The van der Waals surface area contributed by atoms with Crippen LogP contribution in [0.15, 0.2) is 59.5 Å². The number of benzene rings is 2. The zero-order valence-electron chi connectivity index (χ0n) is 17.4. The van der Waals surface area contributed by atoms with Crippen LogP contribution in [-0.4, -0.2) is 58.5 Å². The third-order valence-corrected chi connectivity index (χ3v) is 6.61. The molecule has 3 rings (SSSR count). The van der Waals surface area contributed by atoms with Crippen molar-refractivity contribution in [2.45, 2.75) is 17.7 Å². The van der Waals surface area contributed by atoms with E-state index in [0.717, 1.165) is 5.56 Å². The first-order valence-electron chi connectivity index (χ1n) is 10.1. The lowest BCUT2D eigenvalue weighted by Crippen LogP contribution is -2.30. The summed E-state index contributed by atoms with van der Waals surface area (Å²) in [6.07, 6.45) is 0.753. The van der Waals surface area contributed by atoms with Crippen molar-refractivity contribution in [2.24, 2.45) is 5.92 Å². The Morgan fingerprint density at radius 1 is 1.13 bits per heavy atom. The molecule has 1 heterocycles. The van der Waals surface area contributed by atoms with E-state index in [4.69, 9.17) is 4.74 Å². The molecule has 0 spiro atoms. The van der Waals surface area contributed by atoms with Gasteiger partial charge in [-0.3, -0.25) is 9.59 Å². The third-order valence-electron chi connectivity index (χ3n) is 5.13. The molecular formula is C22H27N3O5S. The maximum atomic E-state index is 12.5. The van der Waals surface area contributed by atoms with Gasteiger partial charge in [0, 0.05) is 38.9 Å². The van der Waals surface area contributed by atoms with Crippen LogP contribution < -0.4 is 10.0 Å². The highest BCUT2D eigenvalue weighted by Gasteiger charge is 2.34. The summed E-state index contributed by atoms with van der Waals surface area (Å²) in [5.41, 5.74) is 1.53. The van der Waals surface area contributed by atoms with Crippen LogP contribution in [0.1, 0.15) is 12.0 Å². The second-order valence-corrected chi connectivity index (χ2v) is 9.15. The Bertz CT molecular complexity index is 994. The van der Waals surface area contributed by atoms with Gasteiger partial charge in [0.15, 0.2) is 0 Å². The van der Waals surface area contributed by atoms with Crippen molar-refractivity contribution in [3.05, 3.63) is 60.2 Å². The van der Waals surface area contributed by atoms with Crippen LogP contribution >= 0.6 is 0 Å². The average Bonchev–Trinajstić information content (AvgIpc) is 3.14. The molecule has 2 amide bonds. The van der Waals surface area contributed by atoms with Gasteiger partial charge in [0.1, 0.15) is 0 Å². The van der Waals surface area contributed by atoms with E-state index in [0.29, 0.717) is 38.3 Å². The van der Waals surface area contributed by atoms with Gasteiger partial charge in [-0.15, -0.1) is 0 Å². The number of anilines is 1. The van der Waals surface area contributed by atoms with Gasteiger partial charge in [-0.25, -0.2) is 13.1 Å². The van der Waals surface area contributed by atoms with E-state index in [1.54, 1.807) is 24.1 Å². The predicted octanol–water partition coefficient (Wildman–Crippen LogP) is 1.64. The Labute approximate surface area is 182 Å². The van der Waals surface area contributed by atoms with E-state index < -0.39 is 15.9 Å². The van der Waals surface area contributed by atoms with Crippen molar-refractivity contribution in [1.29, 1.82) is 0 Å². The van der Waals surface area contributed by atoms with Crippen LogP contribution in [0.4, 0.5) is 5.69 Å². The Balaban J connectivity index is 1.52. The van der Waals surface area contributed by atoms with Crippen LogP contribution in [-0.2, 0) is 30.8 Å². The van der Waals surface area contributed by atoms with Crippen LogP contribution in [0.3, 0.4) is 0 Å². The number of amides is 2. The molecule has 1 saturated heterocycles. The first-order chi connectivity index (χ1) is 14.9. The molecule has 1 unspecified atom stereocenters. The number of rotatable bonds is 10. The number of nitrogens with one attached hydrogen (secondary N) is 2. The van der Waals surface area contributed by atoms with Crippen molar-refractivity contribution < 1.29 is 22.7 Å². The van der Waals surface area contributed by atoms with Crippen LogP contribution in [0.25, 0.3) is 0 Å². The Morgan fingerprint density at radius 3 is 2.52 bits per heavy atom. The van der Waals surface area contributed by atoms with Gasteiger partial charge >= 0.3 is 0 Å². The normalized spacial score (nSPS) is 16.5. The quantitative estimate of drug-likeness (QED) is 0.579. The third kappa shape index (κ3) is 6.36. The number of methoxy groups -OCH3 is 1. The lowest BCUT2D eigenvalue weighted by molar-refractivity contribution is -0.128. The fourth-order valence-corrected chi connectivity index (χ4v) is 4.42. The fraction of sp³-hybridized carbons (Fsp3) is 0.364. The number of hydrogen-bond donors (Lipinski definition) is 2. The van der Waals surface area contributed by atoms with Crippen molar-refractivity contribution in [1.82, 2.24) is 9.62 Å². The Morgan fingerprint density at radius 2 is 1.84 bits per heavy atom. The molecule has 1 aliphatic heterocycles. The molecule has 2 aromatic rings. The summed E-state index contributed by atoms with van der Waals surface area (Å²) in [5, 5.41) is 2.76. The lowest BCUT2D eigenvalue weighted by Gasteiger charge is -2.16. The van der Waals surface area contributed by atoms with E-state index in [1.807, 2.05) is 30.3 Å². The Kier molecular flexibility index (Phi) is 7.78. The Hall–Kier alpha value is -2.75. The minimum Gasteiger partial charge on any atom is -0.383 e. The molecule has 166 valence electrons. The summed E-state index contributed by atoms with van der Waals surface area (Å²) in [4.78, 5) is 26.2. The second-order valence-electron chi connectivity index (χ2n) is 7.38. The summed E-state index contributed by atoms with van der Waals surface area (Å²) >= 11 is 0. The first kappa shape index (κ1) is 22.9. The van der Waals surface area contributed by atoms with E-state index in [2.05, 4.69) is 10.0 Å². The summed E-state index contributed by atoms with van der Waals surface area (Å²) in [6, 6.07) is 15.6. The summed E-state index contributed by atoms with van der Waals surface area (Å²) in [6.45, 7) is 1.53. The van der Waals surface area contributed by atoms with Gasteiger partial charge in [0.2, 0.25) is 21.8 Å². The number of likely N-dealkylation sites (tertiary alicyclic amines) is 1. The number of carbonyl (C=O) groups excluding carboxylic acids is 2. The summed E-state index contributed by atoms with van der Waals surface area (Å²) in [7, 11) is -2.08. The number of sulfonamides is 1. The van der Waals surface area contributed by atoms with Crippen molar-refractivity contribution >= 4 is 27.5 Å².